The fraction of sp³-hybridized carbons (Fsp3) is 0.818. The monoisotopic (exact) mass is 233 g/mol. The second kappa shape index (κ2) is 6.28. The normalized spacial score (nSPS) is 13.6. The molecule has 0 aliphatic rings. The van der Waals surface area contributed by atoms with Gasteiger partial charge in [0, 0.05) is 12.0 Å². The van der Waals surface area contributed by atoms with E-state index in [-0.39, 0.29) is 0 Å². The van der Waals surface area contributed by atoms with Crippen molar-refractivity contribution in [2.75, 3.05) is 6.54 Å². The SMILES string of the molecule is CCNS(=O)(=O)/C=C/CCCC(C)(C)C. The van der Waals surface area contributed by atoms with Crippen molar-refractivity contribution in [3.63, 3.8) is 0 Å². The lowest BCUT2D eigenvalue weighted by atomic mass is 9.90. The molecule has 0 aliphatic carbocycles. The highest BCUT2D eigenvalue weighted by Gasteiger charge is 2.08. The third kappa shape index (κ3) is 9.94. The smallest absolute Gasteiger partial charge is 0.212 e. The first-order valence-corrected chi connectivity index (χ1v) is 6.98. The molecule has 0 heterocycles. The fourth-order valence-electron chi connectivity index (χ4n) is 1.19. The average molecular weight is 233 g/mol. The van der Waals surface area contributed by atoms with Crippen LogP contribution in [0.3, 0.4) is 0 Å². The van der Waals surface area contributed by atoms with Gasteiger partial charge < -0.3 is 0 Å². The summed E-state index contributed by atoms with van der Waals surface area (Å²) in [6.07, 6.45) is 4.69. The van der Waals surface area contributed by atoms with E-state index in [2.05, 4.69) is 25.5 Å². The summed E-state index contributed by atoms with van der Waals surface area (Å²) in [6.45, 7) is 8.77. The molecular weight excluding hydrogens is 210 g/mol. The predicted octanol–water partition coefficient (Wildman–Crippen LogP) is 2.66. The van der Waals surface area contributed by atoms with Gasteiger partial charge in [0.05, 0.1) is 0 Å². The van der Waals surface area contributed by atoms with Crippen molar-refractivity contribution in [2.45, 2.75) is 47.0 Å². The third-order valence-corrected chi connectivity index (χ3v) is 3.16. The zero-order chi connectivity index (χ0) is 11.9. The highest BCUT2D eigenvalue weighted by atomic mass is 32.2. The molecule has 0 radical (unpaired) electrons. The molecule has 0 aromatic heterocycles. The van der Waals surface area contributed by atoms with Crippen molar-refractivity contribution in [3.05, 3.63) is 11.5 Å². The molecule has 0 aromatic rings. The van der Waals surface area contributed by atoms with Crippen molar-refractivity contribution in [1.29, 1.82) is 0 Å². The standard InChI is InChI=1S/C11H23NO2S/c1-5-12-15(13,14)10-8-6-7-9-11(2,3)4/h8,10,12H,5-7,9H2,1-4H3/b10-8+. The number of nitrogens with one attached hydrogen (secondary N) is 1. The summed E-state index contributed by atoms with van der Waals surface area (Å²) in [7, 11) is -3.18. The van der Waals surface area contributed by atoms with Gasteiger partial charge in [-0.25, -0.2) is 13.1 Å². The molecule has 0 fully saturated rings. The van der Waals surface area contributed by atoms with Crippen molar-refractivity contribution >= 4 is 10.0 Å². The molecule has 15 heavy (non-hydrogen) atoms. The summed E-state index contributed by atoms with van der Waals surface area (Å²) in [4.78, 5) is 0. The van der Waals surface area contributed by atoms with Crippen LogP contribution in [-0.4, -0.2) is 15.0 Å². The Labute approximate surface area is 94.0 Å². The van der Waals surface area contributed by atoms with E-state index >= 15 is 0 Å². The Bertz CT molecular complexity index is 286. The van der Waals surface area contributed by atoms with Gasteiger partial charge in [0.15, 0.2) is 0 Å². The van der Waals surface area contributed by atoms with Gasteiger partial charge in [-0.05, 0) is 24.7 Å². The van der Waals surface area contributed by atoms with Gasteiger partial charge in [-0.15, -0.1) is 0 Å². The zero-order valence-corrected chi connectivity index (χ0v) is 11.0. The maximum absolute atomic E-state index is 11.2. The van der Waals surface area contributed by atoms with Gasteiger partial charge in [0.1, 0.15) is 0 Å². The van der Waals surface area contributed by atoms with Crippen LogP contribution in [-0.2, 0) is 10.0 Å². The van der Waals surface area contributed by atoms with Gasteiger partial charge in [-0.1, -0.05) is 33.8 Å². The average Bonchev–Trinajstić information content (AvgIpc) is 2.00. The molecule has 90 valence electrons. The first kappa shape index (κ1) is 14.6. The Kier molecular flexibility index (Phi) is 6.13. The zero-order valence-electron chi connectivity index (χ0n) is 10.2. The van der Waals surface area contributed by atoms with Gasteiger partial charge in [0.25, 0.3) is 0 Å². The number of rotatable bonds is 6. The molecule has 0 aliphatic heterocycles. The van der Waals surface area contributed by atoms with Crippen molar-refractivity contribution < 1.29 is 8.42 Å². The van der Waals surface area contributed by atoms with Gasteiger partial charge in [0.2, 0.25) is 10.0 Å². The lowest BCUT2D eigenvalue weighted by Crippen LogP contribution is -2.20. The maximum atomic E-state index is 11.2. The van der Waals surface area contributed by atoms with Gasteiger partial charge in [-0.2, -0.15) is 0 Å². The van der Waals surface area contributed by atoms with E-state index in [0.717, 1.165) is 19.3 Å². The van der Waals surface area contributed by atoms with Crippen LogP contribution in [0.5, 0.6) is 0 Å². The van der Waals surface area contributed by atoms with Crippen molar-refractivity contribution in [1.82, 2.24) is 4.72 Å². The molecule has 3 nitrogen and oxygen atoms in total. The van der Waals surface area contributed by atoms with E-state index in [4.69, 9.17) is 0 Å². The van der Waals surface area contributed by atoms with E-state index in [1.54, 1.807) is 13.0 Å². The highest BCUT2D eigenvalue weighted by molar-refractivity contribution is 7.92. The quantitative estimate of drug-likeness (QED) is 0.717. The largest absolute Gasteiger partial charge is 0.233 e. The van der Waals surface area contributed by atoms with Crippen LogP contribution in [0, 0.1) is 5.41 Å². The summed E-state index contributed by atoms with van der Waals surface area (Å²) < 4.78 is 24.8. The molecule has 0 amide bonds. The summed E-state index contributed by atoms with van der Waals surface area (Å²) in [5.74, 6) is 0. The molecule has 0 bridgehead atoms. The molecule has 0 spiro atoms. The molecule has 0 unspecified atom stereocenters. The lowest BCUT2D eigenvalue weighted by molar-refractivity contribution is 0.367. The second-order valence-corrected chi connectivity index (χ2v) is 6.52. The number of hydrogen-bond acceptors (Lipinski definition) is 2. The molecule has 0 saturated carbocycles. The van der Waals surface area contributed by atoms with Crippen LogP contribution < -0.4 is 4.72 Å². The van der Waals surface area contributed by atoms with Crippen molar-refractivity contribution in [3.8, 4) is 0 Å². The Morgan fingerprint density at radius 3 is 2.33 bits per heavy atom. The topological polar surface area (TPSA) is 46.2 Å². The molecule has 0 rings (SSSR count). The first-order chi connectivity index (χ1) is 6.77. The molecule has 0 aromatic carbocycles. The predicted molar refractivity (Wildman–Crippen MR) is 65.0 cm³/mol. The molecule has 1 N–H and O–H groups in total. The van der Waals surface area contributed by atoms with Gasteiger partial charge in [-0.3, -0.25) is 0 Å². The van der Waals surface area contributed by atoms with Crippen LogP contribution in [0.15, 0.2) is 11.5 Å². The van der Waals surface area contributed by atoms with E-state index in [1.807, 2.05) is 0 Å². The minimum absolute atomic E-state index is 0.328. The summed E-state index contributed by atoms with van der Waals surface area (Å²) in [5.41, 5.74) is 0.328. The molecule has 4 heteroatoms. The molecule has 0 saturated heterocycles. The molecule has 0 atom stereocenters. The van der Waals surface area contributed by atoms with E-state index in [1.165, 1.54) is 5.41 Å². The van der Waals surface area contributed by atoms with Crippen LogP contribution in [0.2, 0.25) is 0 Å². The molecular formula is C11H23NO2S. The number of hydrogen-bond donors (Lipinski definition) is 1. The van der Waals surface area contributed by atoms with Crippen LogP contribution in [0.4, 0.5) is 0 Å². The Hall–Kier alpha value is -0.350. The fourth-order valence-corrected chi connectivity index (χ4v) is 2.08. The van der Waals surface area contributed by atoms with Crippen LogP contribution >= 0.6 is 0 Å². The third-order valence-electron chi connectivity index (χ3n) is 1.92. The lowest BCUT2D eigenvalue weighted by Gasteiger charge is -2.16. The first-order valence-electron chi connectivity index (χ1n) is 5.43. The van der Waals surface area contributed by atoms with E-state index in [9.17, 15) is 8.42 Å². The summed E-state index contributed by atoms with van der Waals surface area (Å²) >= 11 is 0. The van der Waals surface area contributed by atoms with Gasteiger partial charge >= 0.3 is 0 Å². The number of allylic oxidation sites excluding steroid dienone is 1. The summed E-state index contributed by atoms with van der Waals surface area (Å²) in [6, 6.07) is 0. The van der Waals surface area contributed by atoms with E-state index in [0.29, 0.717) is 12.0 Å². The second-order valence-electron chi connectivity index (χ2n) is 4.87. The number of sulfonamides is 1. The van der Waals surface area contributed by atoms with Crippen LogP contribution in [0.25, 0.3) is 0 Å². The number of unbranched alkanes of at least 4 members (excludes halogenated alkanes) is 1. The Morgan fingerprint density at radius 2 is 1.87 bits per heavy atom. The maximum Gasteiger partial charge on any atom is 0.233 e. The minimum Gasteiger partial charge on any atom is -0.212 e. The summed E-state index contributed by atoms with van der Waals surface area (Å²) in [5, 5.41) is 1.26. The van der Waals surface area contributed by atoms with E-state index < -0.39 is 10.0 Å². The van der Waals surface area contributed by atoms with Crippen molar-refractivity contribution in [2.24, 2.45) is 5.41 Å². The highest BCUT2D eigenvalue weighted by Crippen LogP contribution is 2.21. The Morgan fingerprint density at radius 1 is 1.27 bits per heavy atom. The Balaban J connectivity index is 3.82. The van der Waals surface area contributed by atoms with Crippen LogP contribution in [0.1, 0.15) is 47.0 Å². The minimum atomic E-state index is -3.18.